The van der Waals surface area contributed by atoms with Gasteiger partial charge in [-0.2, -0.15) is 0 Å². The Morgan fingerprint density at radius 3 is 2.78 bits per heavy atom. The predicted molar refractivity (Wildman–Crippen MR) is 64.7 cm³/mol. The standard InChI is InChI=1S/C12H11N3O3/c1-7-9(3-2-5-14-7)18-11-10(13)8(12(16)17)4-6-15-11/h2-6H,13H2,1H3,(H,16,17). The van der Waals surface area contributed by atoms with Gasteiger partial charge in [0.2, 0.25) is 5.88 Å². The van der Waals surface area contributed by atoms with Crippen molar-refractivity contribution in [3.05, 3.63) is 41.9 Å². The summed E-state index contributed by atoms with van der Waals surface area (Å²) in [5, 5.41) is 8.94. The van der Waals surface area contributed by atoms with E-state index >= 15 is 0 Å². The Hall–Kier alpha value is -2.63. The van der Waals surface area contributed by atoms with Gasteiger partial charge >= 0.3 is 5.97 Å². The zero-order valence-electron chi connectivity index (χ0n) is 9.62. The summed E-state index contributed by atoms with van der Waals surface area (Å²) >= 11 is 0. The molecule has 0 aromatic carbocycles. The molecule has 2 heterocycles. The van der Waals surface area contributed by atoms with E-state index < -0.39 is 5.97 Å². The molecule has 0 bridgehead atoms. The van der Waals surface area contributed by atoms with E-state index in [0.29, 0.717) is 11.4 Å². The maximum Gasteiger partial charge on any atom is 0.338 e. The first kappa shape index (κ1) is 11.8. The van der Waals surface area contributed by atoms with Crippen molar-refractivity contribution in [3.8, 4) is 11.6 Å². The number of carboxylic acids is 1. The lowest BCUT2D eigenvalue weighted by atomic mass is 10.2. The molecule has 0 aliphatic rings. The Balaban J connectivity index is 2.39. The number of anilines is 1. The van der Waals surface area contributed by atoms with Crippen LogP contribution >= 0.6 is 0 Å². The van der Waals surface area contributed by atoms with Crippen molar-refractivity contribution in [1.29, 1.82) is 0 Å². The van der Waals surface area contributed by atoms with E-state index in [1.54, 1.807) is 25.3 Å². The summed E-state index contributed by atoms with van der Waals surface area (Å²) in [5.41, 5.74) is 6.31. The second kappa shape index (κ2) is 4.70. The number of hydrogen-bond acceptors (Lipinski definition) is 5. The van der Waals surface area contributed by atoms with Crippen molar-refractivity contribution in [3.63, 3.8) is 0 Å². The van der Waals surface area contributed by atoms with Crippen LogP contribution in [0.4, 0.5) is 5.69 Å². The van der Waals surface area contributed by atoms with Gasteiger partial charge in [0, 0.05) is 12.4 Å². The normalized spacial score (nSPS) is 10.1. The number of aryl methyl sites for hydroxylation is 1. The van der Waals surface area contributed by atoms with E-state index in [0.717, 1.165) is 0 Å². The molecule has 0 atom stereocenters. The number of pyridine rings is 2. The Morgan fingerprint density at radius 1 is 1.33 bits per heavy atom. The van der Waals surface area contributed by atoms with Crippen LogP contribution in [0, 0.1) is 6.92 Å². The number of aromatic carboxylic acids is 1. The Kier molecular flexibility index (Phi) is 3.09. The molecule has 2 aromatic heterocycles. The van der Waals surface area contributed by atoms with Crippen molar-refractivity contribution in [2.24, 2.45) is 0 Å². The quantitative estimate of drug-likeness (QED) is 0.856. The highest BCUT2D eigenvalue weighted by atomic mass is 16.5. The van der Waals surface area contributed by atoms with Gasteiger partial charge in [-0.25, -0.2) is 9.78 Å². The van der Waals surface area contributed by atoms with Crippen LogP contribution in [0.25, 0.3) is 0 Å². The molecule has 0 saturated carbocycles. The number of rotatable bonds is 3. The lowest BCUT2D eigenvalue weighted by Crippen LogP contribution is -2.05. The van der Waals surface area contributed by atoms with E-state index in [4.69, 9.17) is 15.6 Å². The topological polar surface area (TPSA) is 98.3 Å². The molecule has 2 rings (SSSR count). The van der Waals surface area contributed by atoms with Gasteiger partial charge in [0.25, 0.3) is 0 Å². The molecule has 0 aliphatic carbocycles. The first-order chi connectivity index (χ1) is 8.59. The lowest BCUT2D eigenvalue weighted by molar-refractivity contribution is 0.0697. The molecular weight excluding hydrogens is 234 g/mol. The number of carboxylic acid groups (broad SMARTS) is 1. The van der Waals surface area contributed by atoms with E-state index in [1.165, 1.54) is 12.3 Å². The van der Waals surface area contributed by atoms with Crippen LogP contribution in [0.1, 0.15) is 16.1 Å². The van der Waals surface area contributed by atoms with Crippen molar-refractivity contribution in [1.82, 2.24) is 9.97 Å². The summed E-state index contributed by atoms with van der Waals surface area (Å²) in [7, 11) is 0. The third-order valence-corrected chi connectivity index (χ3v) is 2.35. The summed E-state index contributed by atoms with van der Waals surface area (Å²) < 4.78 is 5.47. The molecule has 0 aliphatic heterocycles. The van der Waals surface area contributed by atoms with E-state index in [-0.39, 0.29) is 17.1 Å². The van der Waals surface area contributed by atoms with Gasteiger partial charge in [-0.3, -0.25) is 4.98 Å². The maximum atomic E-state index is 10.9. The van der Waals surface area contributed by atoms with Crippen molar-refractivity contribution in [2.75, 3.05) is 5.73 Å². The highest BCUT2D eigenvalue weighted by molar-refractivity contribution is 5.94. The van der Waals surface area contributed by atoms with Crippen molar-refractivity contribution >= 4 is 11.7 Å². The fourth-order valence-electron chi connectivity index (χ4n) is 1.40. The number of aromatic nitrogens is 2. The van der Waals surface area contributed by atoms with Crippen molar-refractivity contribution < 1.29 is 14.6 Å². The van der Waals surface area contributed by atoms with Gasteiger partial charge < -0.3 is 15.6 Å². The third kappa shape index (κ3) is 2.22. The van der Waals surface area contributed by atoms with Gasteiger partial charge in [-0.1, -0.05) is 0 Å². The zero-order chi connectivity index (χ0) is 13.1. The van der Waals surface area contributed by atoms with Gasteiger partial charge in [0.1, 0.15) is 5.69 Å². The fraction of sp³-hybridized carbons (Fsp3) is 0.0833. The molecule has 18 heavy (non-hydrogen) atoms. The second-order valence-corrected chi connectivity index (χ2v) is 3.57. The van der Waals surface area contributed by atoms with Gasteiger partial charge in [-0.05, 0) is 25.1 Å². The molecule has 0 unspecified atom stereocenters. The van der Waals surface area contributed by atoms with Gasteiger partial charge in [-0.15, -0.1) is 0 Å². The molecular formula is C12H11N3O3. The van der Waals surface area contributed by atoms with Crippen LogP contribution in [0.5, 0.6) is 11.6 Å². The Morgan fingerprint density at radius 2 is 2.11 bits per heavy atom. The smallest absolute Gasteiger partial charge is 0.338 e. The summed E-state index contributed by atoms with van der Waals surface area (Å²) in [6.45, 7) is 1.77. The predicted octanol–water partition coefficient (Wildman–Crippen LogP) is 1.86. The van der Waals surface area contributed by atoms with Crippen LogP contribution in [0.3, 0.4) is 0 Å². The molecule has 0 amide bonds. The third-order valence-electron chi connectivity index (χ3n) is 2.35. The van der Waals surface area contributed by atoms with E-state index in [2.05, 4.69) is 9.97 Å². The highest BCUT2D eigenvalue weighted by Gasteiger charge is 2.14. The average Bonchev–Trinajstić information content (AvgIpc) is 2.34. The fourth-order valence-corrected chi connectivity index (χ4v) is 1.40. The van der Waals surface area contributed by atoms with Crippen molar-refractivity contribution in [2.45, 2.75) is 6.92 Å². The summed E-state index contributed by atoms with van der Waals surface area (Å²) in [4.78, 5) is 18.9. The SMILES string of the molecule is Cc1ncccc1Oc1nccc(C(=O)O)c1N. The molecule has 6 nitrogen and oxygen atoms in total. The molecule has 0 fully saturated rings. The van der Waals surface area contributed by atoms with E-state index in [9.17, 15) is 4.79 Å². The van der Waals surface area contributed by atoms with Crippen LogP contribution in [-0.4, -0.2) is 21.0 Å². The monoisotopic (exact) mass is 245 g/mol. The number of ether oxygens (including phenoxy) is 1. The first-order valence-corrected chi connectivity index (χ1v) is 5.17. The number of nitrogens with two attached hydrogens (primary N) is 1. The largest absolute Gasteiger partial charge is 0.478 e. The molecule has 3 N–H and O–H groups in total. The summed E-state index contributed by atoms with van der Waals surface area (Å²) in [6, 6.07) is 4.73. The average molecular weight is 245 g/mol. The minimum Gasteiger partial charge on any atom is -0.478 e. The minimum atomic E-state index is -1.12. The van der Waals surface area contributed by atoms with Crippen LogP contribution in [0.2, 0.25) is 0 Å². The molecule has 0 radical (unpaired) electrons. The van der Waals surface area contributed by atoms with Gasteiger partial charge in [0.15, 0.2) is 5.75 Å². The molecule has 0 spiro atoms. The number of hydrogen-bond donors (Lipinski definition) is 2. The van der Waals surface area contributed by atoms with Crippen LogP contribution < -0.4 is 10.5 Å². The highest BCUT2D eigenvalue weighted by Crippen LogP contribution is 2.28. The minimum absolute atomic E-state index is 0.00625. The Labute approximate surface area is 103 Å². The van der Waals surface area contributed by atoms with E-state index in [1.807, 2.05) is 0 Å². The second-order valence-electron chi connectivity index (χ2n) is 3.57. The zero-order valence-corrected chi connectivity index (χ0v) is 9.62. The first-order valence-electron chi connectivity index (χ1n) is 5.17. The maximum absolute atomic E-state index is 10.9. The lowest BCUT2D eigenvalue weighted by Gasteiger charge is -2.09. The Bertz CT molecular complexity index is 599. The molecule has 0 saturated heterocycles. The van der Waals surface area contributed by atoms with Crippen LogP contribution in [-0.2, 0) is 0 Å². The molecule has 92 valence electrons. The van der Waals surface area contributed by atoms with Crippen LogP contribution in [0.15, 0.2) is 30.6 Å². The molecule has 6 heteroatoms. The summed E-state index contributed by atoms with van der Waals surface area (Å²) in [6.07, 6.45) is 2.97. The van der Waals surface area contributed by atoms with Gasteiger partial charge in [0.05, 0.1) is 11.3 Å². The summed E-state index contributed by atoms with van der Waals surface area (Å²) in [5.74, 6) is -0.576. The number of nitrogen functional groups attached to an aromatic ring is 1. The molecule has 2 aromatic rings. The number of carbonyl (C=O) groups is 1. The number of nitrogens with zero attached hydrogens (tertiary/aromatic N) is 2.